The number of rotatable bonds is 3. The molecule has 98 valence electrons. The van der Waals surface area contributed by atoms with Gasteiger partial charge in [-0.2, -0.15) is 0 Å². The van der Waals surface area contributed by atoms with Gasteiger partial charge in [-0.1, -0.05) is 59.1 Å². The van der Waals surface area contributed by atoms with Crippen LogP contribution in [-0.4, -0.2) is 6.54 Å². The zero-order chi connectivity index (χ0) is 13.4. The molecule has 1 atom stereocenters. The van der Waals surface area contributed by atoms with Crippen LogP contribution >= 0.6 is 34.8 Å². The summed E-state index contributed by atoms with van der Waals surface area (Å²) in [5.41, 5.74) is 3.61. The van der Waals surface area contributed by atoms with Crippen LogP contribution in [-0.2, 0) is 6.42 Å². The van der Waals surface area contributed by atoms with Crippen molar-refractivity contribution in [1.82, 2.24) is 0 Å². The van der Waals surface area contributed by atoms with Crippen molar-refractivity contribution in [2.24, 2.45) is 0 Å². The molecule has 19 heavy (non-hydrogen) atoms. The Balaban J connectivity index is 1.72. The Labute approximate surface area is 127 Å². The molecular formula is C15H12Cl3N. The van der Waals surface area contributed by atoms with Gasteiger partial charge < -0.3 is 5.32 Å². The Kier molecular flexibility index (Phi) is 3.62. The normalized spacial score (nSPS) is 16.7. The topological polar surface area (TPSA) is 12.0 Å². The lowest BCUT2D eigenvalue weighted by molar-refractivity contribution is 0.636. The number of hydrogen-bond donors (Lipinski definition) is 1. The van der Waals surface area contributed by atoms with Crippen molar-refractivity contribution in [3.8, 4) is 0 Å². The maximum atomic E-state index is 6.15. The lowest BCUT2D eigenvalue weighted by atomic mass is 9.77. The molecule has 0 radical (unpaired) electrons. The van der Waals surface area contributed by atoms with Gasteiger partial charge in [-0.25, -0.2) is 0 Å². The van der Waals surface area contributed by atoms with Crippen LogP contribution in [0.4, 0.5) is 5.69 Å². The summed E-state index contributed by atoms with van der Waals surface area (Å²) < 4.78 is 0. The third kappa shape index (κ3) is 2.55. The summed E-state index contributed by atoms with van der Waals surface area (Å²) in [6, 6.07) is 11.9. The summed E-state index contributed by atoms with van der Waals surface area (Å²) in [7, 11) is 0. The first-order valence-electron chi connectivity index (χ1n) is 6.11. The second-order valence-corrected chi connectivity index (χ2v) is 5.98. The first-order valence-corrected chi connectivity index (χ1v) is 7.25. The Morgan fingerprint density at radius 2 is 1.74 bits per heavy atom. The molecule has 3 rings (SSSR count). The second-order valence-electron chi connectivity index (χ2n) is 4.73. The van der Waals surface area contributed by atoms with Crippen LogP contribution in [0.25, 0.3) is 0 Å². The third-order valence-corrected chi connectivity index (χ3v) is 4.31. The number of hydrogen-bond acceptors (Lipinski definition) is 1. The van der Waals surface area contributed by atoms with Crippen LogP contribution in [0.15, 0.2) is 36.4 Å². The Hall–Kier alpha value is -0.890. The monoisotopic (exact) mass is 311 g/mol. The molecule has 1 N–H and O–H groups in total. The number of nitrogens with one attached hydrogen (secondary N) is 1. The van der Waals surface area contributed by atoms with Crippen LogP contribution in [0, 0.1) is 0 Å². The molecule has 1 aliphatic carbocycles. The highest BCUT2D eigenvalue weighted by Gasteiger charge is 2.25. The van der Waals surface area contributed by atoms with Gasteiger partial charge in [0.25, 0.3) is 0 Å². The van der Waals surface area contributed by atoms with E-state index in [2.05, 4.69) is 29.6 Å². The van der Waals surface area contributed by atoms with Gasteiger partial charge in [0.1, 0.15) is 0 Å². The smallest absolute Gasteiger partial charge is 0.0720 e. The number of halogens is 3. The van der Waals surface area contributed by atoms with E-state index in [1.54, 1.807) is 12.1 Å². The highest BCUT2D eigenvalue weighted by Crippen LogP contribution is 2.37. The molecule has 0 amide bonds. The third-order valence-electron chi connectivity index (χ3n) is 3.49. The molecule has 1 aliphatic rings. The van der Waals surface area contributed by atoms with Crippen LogP contribution in [0.5, 0.6) is 0 Å². The Morgan fingerprint density at radius 3 is 2.42 bits per heavy atom. The van der Waals surface area contributed by atoms with Gasteiger partial charge in [-0.3, -0.25) is 0 Å². The molecule has 2 aromatic carbocycles. The Morgan fingerprint density at radius 1 is 1.05 bits per heavy atom. The first-order chi connectivity index (χ1) is 9.15. The first kappa shape index (κ1) is 13.1. The van der Waals surface area contributed by atoms with E-state index in [1.807, 2.05) is 0 Å². The predicted molar refractivity (Wildman–Crippen MR) is 82.8 cm³/mol. The molecule has 1 unspecified atom stereocenters. The highest BCUT2D eigenvalue weighted by atomic mass is 35.5. The molecule has 2 aromatic rings. The molecule has 0 bridgehead atoms. The summed E-state index contributed by atoms with van der Waals surface area (Å²) >= 11 is 18.2. The molecule has 0 aromatic heterocycles. The van der Waals surface area contributed by atoms with Crippen molar-refractivity contribution in [2.75, 3.05) is 11.9 Å². The molecule has 1 nitrogen and oxygen atoms in total. The summed E-state index contributed by atoms with van der Waals surface area (Å²) in [4.78, 5) is 0. The van der Waals surface area contributed by atoms with Crippen molar-refractivity contribution in [2.45, 2.75) is 12.3 Å². The standard InChI is InChI=1S/C15H12Cl3N/c16-11-6-13(17)15(14(18)7-11)19-8-10-5-9-3-1-2-4-12(9)10/h1-4,6-7,10,19H,5,8H2. The maximum absolute atomic E-state index is 6.15. The van der Waals surface area contributed by atoms with Gasteiger partial charge in [0, 0.05) is 17.5 Å². The molecule has 0 aliphatic heterocycles. The molecule has 0 saturated heterocycles. The van der Waals surface area contributed by atoms with Crippen LogP contribution < -0.4 is 5.32 Å². The minimum absolute atomic E-state index is 0.527. The van der Waals surface area contributed by atoms with E-state index < -0.39 is 0 Å². The maximum Gasteiger partial charge on any atom is 0.0720 e. The average Bonchev–Trinajstić information content (AvgIpc) is 2.33. The molecule has 4 heteroatoms. The quantitative estimate of drug-likeness (QED) is 0.800. The number of benzene rings is 2. The van der Waals surface area contributed by atoms with Crippen LogP contribution in [0.1, 0.15) is 17.0 Å². The fraction of sp³-hybridized carbons (Fsp3) is 0.200. The van der Waals surface area contributed by atoms with Crippen molar-refractivity contribution in [3.63, 3.8) is 0 Å². The molecule has 0 fully saturated rings. The number of anilines is 1. The van der Waals surface area contributed by atoms with Gasteiger partial charge in [-0.15, -0.1) is 0 Å². The zero-order valence-corrected chi connectivity index (χ0v) is 12.4. The summed E-state index contributed by atoms with van der Waals surface area (Å²) in [6.45, 7) is 0.831. The highest BCUT2D eigenvalue weighted by molar-refractivity contribution is 6.41. The van der Waals surface area contributed by atoms with Crippen LogP contribution in [0.3, 0.4) is 0 Å². The summed E-state index contributed by atoms with van der Waals surface area (Å²) in [5.74, 6) is 0.527. The van der Waals surface area contributed by atoms with Crippen LogP contribution in [0.2, 0.25) is 15.1 Å². The summed E-state index contributed by atoms with van der Waals surface area (Å²) in [6.07, 6.45) is 1.10. The van der Waals surface area contributed by atoms with E-state index in [9.17, 15) is 0 Å². The largest absolute Gasteiger partial charge is 0.382 e. The lowest BCUT2D eigenvalue weighted by Gasteiger charge is -2.30. The van der Waals surface area contributed by atoms with E-state index in [1.165, 1.54) is 11.1 Å². The van der Waals surface area contributed by atoms with E-state index in [0.29, 0.717) is 21.0 Å². The van der Waals surface area contributed by atoms with E-state index in [4.69, 9.17) is 34.8 Å². The molecule has 0 spiro atoms. The zero-order valence-electron chi connectivity index (χ0n) is 10.1. The van der Waals surface area contributed by atoms with Crippen molar-refractivity contribution in [1.29, 1.82) is 0 Å². The average molecular weight is 313 g/mol. The predicted octanol–water partition coefficient (Wildman–Crippen LogP) is 5.40. The van der Waals surface area contributed by atoms with E-state index >= 15 is 0 Å². The molecule has 0 saturated carbocycles. The van der Waals surface area contributed by atoms with Gasteiger partial charge >= 0.3 is 0 Å². The fourth-order valence-electron chi connectivity index (χ4n) is 2.48. The summed E-state index contributed by atoms with van der Waals surface area (Å²) in [5, 5.41) is 5.00. The SMILES string of the molecule is Clc1cc(Cl)c(NCC2Cc3ccccc32)c(Cl)c1. The number of fused-ring (bicyclic) bond motifs is 1. The Bertz CT molecular complexity index is 602. The molecule has 0 heterocycles. The minimum atomic E-state index is 0.527. The van der Waals surface area contributed by atoms with Crippen molar-refractivity contribution < 1.29 is 0 Å². The lowest BCUT2D eigenvalue weighted by Crippen LogP contribution is -2.24. The van der Waals surface area contributed by atoms with Crippen molar-refractivity contribution >= 4 is 40.5 Å². The fourth-order valence-corrected chi connectivity index (χ4v) is 3.43. The van der Waals surface area contributed by atoms with Gasteiger partial charge in [0.15, 0.2) is 0 Å². The van der Waals surface area contributed by atoms with Crippen molar-refractivity contribution in [3.05, 3.63) is 62.6 Å². The van der Waals surface area contributed by atoms with E-state index in [0.717, 1.165) is 18.7 Å². The minimum Gasteiger partial charge on any atom is -0.382 e. The van der Waals surface area contributed by atoms with E-state index in [-0.39, 0.29) is 0 Å². The van der Waals surface area contributed by atoms with Gasteiger partial charge in [0.05, 0.1) is 15.7 Å². The second kappa shape index (κ2) is 5.24. The van der Waals surface area contributed by atoms with Gasteiger partial charge in [0.2, 0.25) is 0 Å². The molecular weight excluding hydrogens is 301 g/mol. The van der Waals surface area contributed by atoms with Gasteiger partial charge in [-0.05, 0) is 29.7 Å².